The first-order chi connectivity index (χ1) is 8.97. The summed E-state index contributed by atoms with van der Waals surface area (Å²) in [5.41, 5.74) is 11.8. The first-order valence-corrected chi connectivity index (χ1v) is 7.52. The lowest BCUT2D eigenvalue weighted by Crippen LogP contribution is -2.42. The normalized spacial score (nSPS) is 22.5. The Labute approximate surface area is 118 Å². The van der Waals surface area contributed by atoms with Crippen LogP contribution in [0.3, 0.4) is 0 Å². The van der Waals surface area contributed by atoms with Crippen molar-refractivity contribution in [2.45, 2.75) is 53.1 Å². The minimum Gasteiger partial charge on any atom is -0.328 e. The molecule has 2 atom stereocenters. The third-order valence-electron chi connectivity index (χ3n) is 4.51. The van der Waals surface area contributed by atoms with Crippen LogP contribution in [-0.4, -0.2) is 24.0 Å². The van der Waals surface area contributed by atoms with Crippen LogP contribution in [0.5, 0.6) is 0 Å². The molecule has 0 aliphatic carbocycles. The number of likely N-dealkylation sites (tertiary alicyclic amines) is 1. The molecule has 0 saturated carbocycles. The number of nitrogens with zero attached hydrogens (tertiary/aromatic N) is 1. The second-order valence-corrected chi connectivity index (χ2v) is 6.37. The lowest BCUT2D eigenvalue weighted by Gasteiger charge is -2.35. The molecule has 1 aliphatic rings. The van der Waals surface area contributed by atoms with Crippen LogP contribution in [0.25, 0.3) is 0 Å². The molecule has 2 N–H and O–H groups in total. The molecule has 1 aromatic carbocycles. The molecule has 1 fully saturated rings. The molecular formula is C17H28N2. The maximum atomic E-state index is 6.08. The summed E-state index contributed by atoms with van der Waals surface area (Å²) in [5, 5.41) is 0. The zero-order chi connectivity index (χ0) is 14.0. The quantitative estimate of drug-likeness (QED) is 0.904. The van der Waals surface area contributed by atoms with Gasteiger partial charge in [-0.1, -0.05) is 17.7 Å². The Hall–Kier alpha value is -0.860. The predicted molar refractivity (Wildman–Crippen MR) is 82.3 cm³/mol. The van der Waals surface area contributed by atoms with E-state index >= 15 is 0 Å². The summed E-state index contributed by atoms with van der Waals surface area (Å²) in [6.45, 7) is 12.3. The van der Waals surface area contributed by atoms with Gasteiger partial charge in [0.2, 0.25) is 0 Å². The Morgan fingerprint density at radius 2 is 1.89 bits per heavy atom. The van der Waals surface area contributed by atoms with Gasteiger partial charge in [0.05, 0.1) is 0 Å². The molecular weight excluding hydrogens is 232 g/mol. The van der Waals surface area contributed by atoms with Gasteiger partial charge < -0.3 is 5.73 Å². The summed E-state index contributed by atoms with van der Waals surface area (Å²) in [7, 11) is 0. The number of nitrogens with two attached hydrogens (primary N) is 1. The molecule has 2 nitrogen and oxygen atoms in total. The van der Waals surface area contributed by atoms with Gasteiger partial charge in [0, 0.05) is 19.1 Å². The van der Waals surface area contributed by atoms with Crippen LogP contribution < -0.4 is 5.73 Å². The Bertz CT molecular complexity index is 414. The molecule has 0 spiro atoms. The highest BCUT2D eigenvalue weighted by Gasteiger charge is 2.23. The molecule has 0 bridgehead atoms. The van der Waals surface area contributed by atoms with Gasteiger partial charge in [-0.15, -0.1) is 0 Å². The van der Waals surface area contributed by atoms with E-state index in [9.17, 15) is 0 Å². The first-order valence-electron chi connectivity index (χ1n) is 7.52. The number of aryl methyl sites for hydroxylation is 3. The van der Waals surface area contributed by atoms with Crippen LogP contribution in [0.1, 0.15) is 42.0 Å². The molecule has 2 heteroatoms. The Morgan fingerprint density at radius 3 is 2.47 bits per heavy atom. The van der Waals surface area contributed by atoms with Crippen molar-refractivity contribution in [1.29, 1.82) is 0 Å². The molecule has 0 radical (unpaired) electrons. The highest BCUT2D eigenvalue weighted by atomic mass is 15.1. The predicted octanol–water partition coefficient (Wildman–Crippen LogP) is 3.17. The topological polar surface area (TPSA) is 29.3 Å². The monoisotopic (exact) mass is 260 g/mol. The highest BCUT2D eigenvalue weighted by Crippen LogP contribution is 2.23. The van der Waals surface area contributed by atoms with Gasteiger partial charge in [0.25, 0.3) is 0 Å². The number of benzene rings is 1. The van der Waals surface area contributed by atoms with E-state index in [1.165, 1.54) is 41.6 Å². The van der Waals surface area contributed by atoms with Crippen molar-refractivity contribution in [1.82, 2.24) is 4.90 Å². The van der Waals surface area contributed by atoms with Crippen LogP contribution in [-0.2, 0) is 6.54 Å². The Kier molecular flexibility index (Phi) is 4.64. The van der Waals surface area contributed by atoms with E-state index in [0.717, 1.165) is 13.1 Å². The second kappa shape index (κ2) is 6.06. The standard InChI is InChI=1S/C17H28N2/c1-12-8-13(2)17(14(3)9-12)11-19-7-5-6-16(10-19)15(4)18/h8-9,15-16H,5-7,10-11,18H2,1-4H3. The first kappa shape index (κ1) is 14.5. The highest BCUT2D eigenvalue weighted by molar-refractivity contribution is 5.37. The van der Waals surface area contributed by atoms with Gasteiger partial charge in [-0.3, -0.25) is 4.90 Å². The molecule has 1 heterocycles. The van der Waals surface area contributed by atoms with Crippen molar-refractivity contribution in [2.75, 3.05) is 13.1 Å². The number of rotatable bonds is 3. The van der Waals surface area contributed by atoms with Crippen LogP contribution in [0.15, 0.2) is 12.1 Å². The van der Waals surface area contributed by atoms with Crippen molar-refractivity contribution in [3.63, 3.8) is 0 Å². The molecule has 2 rings (SSSR count). The summed E-state index contributed by atoms with van der Waals surface area (Å²) in [6, 6.07) is 4.92. The third kappa shape index (κ3) is 3.58. The SMILES string of the molecule is Cc1cc(C)c(CN2CCCC(C(C)N)C2)c(C)c1. The van der Waals surface area contributed by atoms with Gasteiger partial charge in [0.15, 0.2) is 0 Å². The lowest BCUT2D eigenvalue weighted by atomic mass is 9.91. The smallest absolute Gasteiger partial charge is 0.0239 e. The Morgan fingerprint density at radius 1 is 1.26 bits per heavy atom. The van der Waals surface area contributed by atoms with Crippen LogP contribution in [0, 0.1) is 26.7 Å². The van der Waals surface area contributed by atoms with E-state index in [2.05, 4.69) is 44.7 Å². The number of piperidine rings is 1. The summed E-state index contributed by atoms with van der Waals surface area (Å²) in [6.07, 6.45) is 2.58. The largest absolute Gasteiger partial charge is 0.328 e. The van der Waals surface area contributed by atoms with Gasteiger partial charge in [-0.05, 0) is 69.7 Å². The zero-order valence-corrected chi connectivity index (χ0v) is 12.9. The van der Waals surface area contributed by atoms with Gasteiger partial charge in [-0.2, -0.15) is 0 Å². The molecule has 0 amide bonds. The van der Waals surface area contributed by atoms with Crippen molar-refractivity contribution >= 4 is 0 Å². The zero-order valence-electron chi connectivity index (χ0n) is 12.9. The van der Waals surface area contributed by atoms with Gasteiger partial charge in [0.1, 0.15) is 0 Å². The number of hydrogen-bond donors (Lipinski definition) is 1. The molecule has 2 unspecified atom stereocenters. The average molecular weight is 260 g/mol. The molecule has 1 aromatic rings. The fourth-order valence-corrected chi connectivity index (χ4v) is 3.35. The van der Waals surface area contributed by atoms with Crippen LogP contribution >= 0.6 is 0 Å². The van der Waals surface area contributed by atoms with Crippen molar-refractivity contribution in [2.24, 2.45) is 11.7 Å². The third-order valence-corrected chi connectivity index (χ3v) is 4.51. The van der Waals surface area contributed by atoms with Gasteiger partial charge in [-0.25, -0.2) is 0 Å². The van der Waals surface area contributed by atoms with Crippen molar-refractivity contribution < 1.29 is 0 Å². The lowest BCUT2D eigenvalue weighted by molar-refractivity contribution is 0.154. The fraction of sp³-hybridized carbons (Fsp3) is 0.647. The van der Waals surface area contributed by atoms with E-state index in [1.807, 2.05) is 0 Å². The number of hydrogen-bond acceptors (Lipinski definition) is 2. The molecule has 19 heavy (non-hydrogen) atoms. The summed E-state index contributed by atoms with van der Waals surface area (Å²) in [4.78, 5) is 2.59. The summed E-state index contributed by atoms with van der Waals surface area (Å²) < 4.78 is 0. The van der Waals surface area contributed by atoms with Crippen LogP contribution in [0.2, 0.25) is 0 Å². The maximum Gasteiger partial charge on any atom is 0.0239 e. The van der Waals surface area contributed by atoms with Crippen molar-refractivity contribution in [3.8, 4) is 0 Å². The van der Waals surface area contributed by atoms with E-state index in [4.69, 9.17) is 5.73 Å². The molecule has 1 aliphatic heterocycles. The Balaban J connectivity index is 2.09. The summed E-state index contributed by atoms with van der Waals surface area (Å²) >= 11 is 0. The minimum absolute atomic E-state index is 0.322. The van der Waals surface area contributed by atoms with E-state index in [-0.39, 0.29) is 0 Å². The maximum absolute atomic E-state index is 6.08. The average Bonchev–Trinajstić information content (AvgIpc) is 2.34. The van der Waals surface area contributed by atoms with Gasteiger partial charge >= 0.3 is 0 Å². The van der Waals surface area contributed by atoms with E-state index < -0.39 is 0 Å². The fourth-order valence-electron chi connectivity index (χ4n) is 3.35. The van der Waals surface area contributed by atoms with E-state index in [1.54, 1.807) is 0 Å². The second-order valence-electron chi connectivity index (χ2n) is 6.37. The van der Waals surface area contributed by atoms with E-state index in [0.29, 0.717) is 12.0 Å². The molecule has 1 saturated heterocycles. The molecule has 106 valence electrons. The van der Waals surface area contributed by atoms with Crippen molar-refractivity contribution in [3.05, 3.63) is 34.4 Å². The molecule has 0 aromatic heterocycles. The minimum atomic E-state index is 0.322. The van der Waals surface area contributed by atoms with Crippen LogP contribution in [0.4, 0.5) is 0 Å². The summed E-state index contributed by atoms with van der Waals surface area (Å²) in [5.74, 6) is 0.666.